The monoisotopic (exact) mass is 463 g/mol. The molecule has 2 aromatic rings. The van der Waals surface area contributed by atoms with Crippen molar-refractivity contribution < 1.29 is 27.1 Å². The van der Waals surface area contributed by atoms with E-state index in [1.807, 2.05) is 12.1 Å². The number of carbonyl (C=O) groups is 1. The maximum Gasteiger partial charge on any atom is 0.251 e. The molecule has 1 N–H and O–H groups in total. The number of nitrogens with one attached hydrogen (secondary N) is 1. The van der Waals surface area contributed by atoms with Gasteiger partial charge in [-0.3, -0.25) is 9.69 Å². The van der Waals surface area contributed by atoms with Crippen molar-refractivity contribution in [3.05, 3.63) is 47.9 Å². The highest BCUT2D eigenvalue weighted by atomic mass is 32.2. The van der Waals surface area contributed by atoms with Crippen molar-refractivity contribution in [1.82, 2.24) is 14.5 Å². The fraction of sp³-hybridized carbons (Fsp3) is 0.500. The fourth-order valence-electron chi connectivity index (χ4n) is 4.18. The van der Waals surface area contributed by atoms with Gasteiger partial charge in [-0.15, -0.1) is 0 Å². The minimum Gasteiger partial charge on any atom is -0.495 e. The van der Waals surface area contributed by atoms with Crippen LogP contribution in [0.2, 0.25) is 0 Å². The number of carbonyl (C=O) groups excluding carboxylic acids is 1. The third-order valence-corrected chi connectivity index (χ3v) is 7.84. The van der Waals surface area contributed by atoms with Crippen LogP contribution >= 0.6 is 0 Å². The third-order valence-electron chi connectivity index (χ3n) is 5.92. The molecule has 2 fully saturated rings. The molecule has 0 spiro atoms. The summed E-state index contributed by atoms with van der Waals surface area (Å²) >= 11 is 0. The molecule has 4 rings (SSSR count). The van der Waals surface area contributed by atoms with Gasteiger partial charge in [-0.1, -0.05) is 0 Å². The molecular formula is C22H29N3O6S. The number of furan rings is 1. The van der Waals surface area contributed by atoms with E-state index in [2.05, 4.69) is 10.2 Å². The quantitative estimate of drug-likeness (QED) is 0.638. The second-order valence-electron chi connectivity index (χ2n) is 7.87. The van der Waals surface area contributed by atoms with Crippen LogP contribution in [-0.2, 0) is 14.8 Å². The lowest BCUT2D eigenvalue weighted by Gasteiger charge is -2.27. The molecule has 0 bridgehead atoms. The van der Waals surface area contributed by atoms with Crippen LogP contribution in [0.4, 0.5) is 0 Å². The Balaban J connectivity index is 1.52. The van der Waals surface area contributed by atoms with Gasteiger partial charge in [0.25, 0.3) is 5.91 Å². The second-order valence-corrected chi connectivity index (χ2v) is 9.77. The average molecular weight is 464 g/mol. The molecular weight excluding hydrogens is 434 g/mol. The van der Waals surface area contributed by atoms with Crippen molar-refractivity contribution >= 4 is 15.9 Å². The Bertz CT molecular complexity index is 1010. The Labute approximate surface area is 188 Å². The largest absolute Gasteiger partial charge is 0.495 e. The minimum absolute atomic E-state index is 0.0170. The number of benzene rings is 1. The van der Waals surface area contributed by atoms with Crippen LogP contribution in [-0.4, -0.2) is 76.6 Å². The van der Waals surface area contributed by atoms with Gasteiger partial charge < -0.3 is 19.2 Å². The maximum absolute atomic E-state index is 13.2. The highest BCUT2D eigenvalue weighted by molar-refractivity contribution is 7.89. The molecule has 3 heterocycles. The van der Waals surface area contributed by atoms with E-state index in [0.29, 0.717) is 19.8 Å². The van der Waals surface area contributed by atoms with Crippen molar-refractivity contribution in [1.29, 1.82) is 0 Å². The lowest BCUT2D eigenvalue weighted by molar-refractivity contribution is 0.0729. The lowest BCUT2D eigenvalue weighted by Crippen LogP contribution is -2.40. The summed E-state index contributed by atoms with van der Waals surface area (Å²) < 4.78 is 43.9. The normalized spacial score (nSPS) is 19.0. The molecule has 174 valence electrons. The first-order valence-corrected chi connectivity index (χ1v) is 12.3. The second kappa shape index (κ2) is 10.0. The number of sulfonamides is 1. The summed E-state index contributed by atoms with van der Waals surface area (Å²) in [6, 6.07) is 8.17. The van der Waals surface area contributed by atoms with Crippen LogP contribution in [0.1, 0.15) is 35.0 Å². The highest BCUT2D eigenvalue weighted by Crippen LogP contribution is 2.29. The van der Waals surface area contributed by atoms with E-state index < -0.39 is 10.0 Å². The summed E-state index contributed by atoms with van der Waals surface area (Å²) in [7, 11) is -2.40. The third kappa shape index (κ3) is 4.83. The summed E-state index contributed by atoms with van der Waals surface area (Å²) in [5, 5.41) is 2.95. The van der Waals surface area contributed by atoms with E-state index in [4.69, 9.17) is 13.9 Å². The van der Waals surface area contributed by atoms with Crippen LogP contribution in [0, 0.1) is 0 Å². The number of methoxy groups -OCH3 is 1. The number of amides is 1. The van der Waals surface area contributed by atoms with Gasteiger partial charge in [0.05, 0.1) is 32.6 Å². The molecule has 1 aromatic carbocycles. The van der Waals surface area contributed by atoms with Crippen molar-refractivity contribution in [3.8, 4) is 5.75 Å². The topological polar surface area (TPSA) is 101 Å². The number of hydrogen-bond donors (Lipinski definition) is 1. The number of hydrogen-bond acceptors (Lipinski definition) is 7. The number of likely N-dealkylation sites (tertiary alicyclic amines) is 1. The van der Waals surface area contributed by atoms with E-state index in [-0.39, 0.29) is 41.2 Å². The van der Waals surface area contributed by atoms with E-state index in [1.165, 1.54) is 23.5 Å². The first kappa shape index (κ1) is 22.8. The van der Waals surface area contributed by atoms with Crippen LogP contribution in [0.15, 0.2) is 45.9 Å². The zero-order valence-electron chi connectivity index (χ0n) is 18.2. The number of rotatable bonds is 8. The molecule has 1 atom stereocenters. The summed E-state index contributed by atoms with van der Waals surface area (Å²) in [5.74, 6) is 0.665. The van der Waals surface area contributed by atoms with Gasteiger partial charge >= 0.3 is 0 Å². The van der Waals surface area contributed by atoms with Crippen molar-refractivity contribution in [3.63, 3.8) is 0 Å². The standard InChI is InChI=1S/C22H29N3O6S/c1-29-20-7-6-17(15-21(20)32(27,28)25-10-13-30-14-11-25)22(26)23-16-18(19-5-4-12-31-19)24-8-2-3-9-24/h4-7,12,15,18H,2-3,8-11,13-14,16H2,1H3,(H,23,26). The van der Waals surface area contributed by atoms with Crippen LogP contribution < -0.4 is 10.1 Å². The Morgan fingerprint density at radius 1 is 1.16 bits per heavy atom. The average Bonchev–Trinajstić information content (AvgIpc) is 3.54. The molecule has 0 aliphatic carbocycles. The lowest BCUT2D eigenvalue weighted by atomic mass is 10.1. The van der Waals surface area contributed by atoms with Gasteiger partial charge in [0.1, 0.15) is 16.4 Å². The molecule has 0 saturated carbocycles. The van der Waals surface area contributed by atoms with E-state index in [9.17, 15) is 13.2 Å². The van der Waals surface area contributed by atoms with E-state index in [1.54, 1.807) is 12.3 Å². The van der Waals surface area contributed by atoms with E-state index in [0.717, 1.165) is 31.7 Å². The Kier molecular flexibility index (Phi) is 7.14. The van der Waals surface area contributed by atoms with Crippen molar-refractivity contribution in [2.45, 2.75) is 23.8 Å². The van der Waals surface area contributed by atoms with Crippen LogP contribution in [0.25, 0.3) is 0 Å². The number of morpholine rings is 1. The fourth-order valence-corrected chi connectivity index (χ4v) is 5.77. The van der Waals surface area contributed by atoms with Gasteiger partial charge in [0.2, 0.25) is 10.0 Å². The number of nitrogens with zero attached hydrogens (tertiary/aromatic N) is 2. The number of ether oxygens (including phenoxy) is 2. The zero-order valence-corrected chi connectivity index (χ0v) is 19.0. The van der Waals surface area contributed by atoms with Crippen molar-refractivity contribution in [2.24, 2.45) is 0 Å². The molecule has 0 radical (unpaired) electrons. The maximum atomic E-state index is 13.2. The van der Waals surface area contributed by atoms with Gasteiger partial charge in [0.15, 0.2) is 0 Å². The summed E-state index contributed by atoms with van der Waals surface area (Å²) in [5.41, 5.74) is 0.261. The minimum atomic E-state index is -3.82. The molecule has 1 aromatic heterocycles. The SMILES string of the molecule is COc1ccc(C(=O)NCC(c2ccco2)N2CCCC2)cc1S(=O)(=O)N1CCOCC1. The first-order valence-electron chi connectivity index (χ1n) is 10.8. The summed E-state index contributed by atoms with van der Waals surface area (Å²) in [6.45, 7) is 3.48. The van der Waals surface area contributed by atoms with Crippen molar-refractivity contribution in [2.75, 3.05) is 53.0 Å². The Hall–Kier alpha value is -2.40. The Morgan fingerprint density at radius 2 is 1.91 bits per heavy atom. The van der Waals surface area contributed by atoms with Gasteiger partial charge in [0, 0.05) is 25.2 Å². The smallest absolute Gasteiger partial charge is 0.251 e. The molecule has 9 nitrogen and oxygen atoms in total. The molecule has 1 amide bonds. The van der Waals surface area contributed by atoms with Gasteiger partial charge in [-0.25, -0.2) is 8.42 Å². The molecule has 2 saturated heterocycles. The molecule has 2 aliphatic rings. The molecule has 1 unspecified atom stereocenters. The summed E-state index contributed by atoms with van der Waals surface area (Å²) in [4.78, 5) is 15.2. The van der Waals surface area contributed by atoms with E-state index >= 15 is 0 Å². The summed E-state index contributed by atoms with van der Waals surface area (Å²) in [6.07, 6.45) is 3.87. The predicted molar refractivity (Wildman–Crippen MR) is 117 cm³/mol. The van der Waals surface area contributed by atoms with Crippen LogP contribution in [0.3, 0.4) is 0 Å². The van der Waals surface area contributed by atoms with Gasteiger partial charge in [-0.2, -0.15) is 4.31 Å². The zero-order chi connectivity index (χ0) is 22.6. The Morgan fingerprint density at radius 3 is 2.56 bits per heavy atom. The molecule has 32 heavy (non-hydrogen) atoms. The van der Waals surface area contributed by atoms with Crippen LogP contribution in [0.5, 0.6) is 5.75 Å². The van der Waals surface area contributed by atoms with Gasteiger partial charge in [-0.05, 0) is 56.3 Å². The molecule has 10 heteroatoms. The molecule has 2 aliphatic heterocycles. The predicted octanol–water partition coefficient (Wildman–Crippen LogP) is 1.88. The first-order chi connectivity index (χ1) is 15.5. The highest BCUT2D eigenvalue weighted by Gasteiger charge is 2.31.